The van der Waals surface area contributed by atoms with Gasteiger partial charge in [-0.2, -0.15) is 0 Å². The van der Waals surface area contributed by atoms with Gasteiger partial charge in [0.05, 0.1) is 24.7 Å². The third-order valence-corrected chi connectivity index (χ3v) is 4.77. The molecule has 1 heterocycles. The van der Waals surface area contributed by atoms with Crippen LogP contribution in [0.25, 0.3) is 0 Å². The van der Waals surface area contributed by atoms with E-state index in [1.54, 1.807) is 0 Å². The summed E-state index contributed by atoms with van der Waals surface area (Å²) in [5.74, 6) is -2.86. The number of ether oxygens (including phenoxy) is 2. The van der Waals surface area contributed by atoms with Crippen molar-refractivity contribution >= 4 is 9.84 Å². The van der Waals surface area contributed by atoms with Gasteiger partial charge in [-0.1, -0.05) is 0 Å². The summed E-state index contributed by atoms with van der Waals surface area (Å²) in [5, 5.41) is 0. The van der Waals surface area contributed by atoms with Gasteiger partial charge in [0.25, 0.3) is 0 Å². The normalized spacial score (nSPS) is 19.2. The number of hydrogen-bond donors (Lipinski definition) is 0. The van der Waals surface area contributed by atoms with Gasteiger partial charge in [-0.25, -0.2) is 17.2 Å². The topological polar surface area (TPSA) is 52.6 Å². The predicted octanol–water partition coefficient (Wildman–Crippen LogP) is 2.07. The van der Waals surface area contributed by atoms with Gasteiger partial charge < -0.3 is 9.47 Å². The molecular formula is C13H16F2O4S. The molecule has 0 N–H and O–H groups in total. The fourth-order valence-corrected chi connectivity index (χ4v) is 3.88. The van der Waals surface area contributed by atoms with Crippen LogP contribution < -0.4 is 4.74 Å². The van der Waals surface area contributed by atoms with Gasteiger partial charge in [0.1, 0.15) is 0 Å². The van der Waals surface area contributed by atoms with E-state index in [4.69, 9.17) is 4.74 Å². The second kappa shape index (κ2) is 6.05. The molecular weight excluding hydrogens is 290 g/mol. The molecule has 0 saturated carbocycles. The maximum absolute atomic E-state index is 13.5. The summed E-state index contributed by atoms with van der Waals surface area (Å²) in [4.78, 5) is 0. The molecule has 1 atom stereocenters. The van der Waals surface area contributed by atoms with Gasteiger partial charge in [-0.3, -0.25) is 0 Å². The van der Waals surface area contributed by atoms with Gasteiger partial charge in [0.15, 0.2) is 27.2 Å². The van der Waals surface area contributed by atoms with Crippen molar-refractivity contribution in [3.8, 4) is 5.75 Å². The first-order chi connectivity index (χ1) is 9.41. The molecule has 0 unspecified atom stereocenters. The van der Waals surface area contributed by atoms with Crippen LogP contribution in [-0.2, 0) is 20.3 Å². The molecule has 112 valence electrons. The quantitative estimate of drug-likeness (QED) is 0.835. The summed E-state index contributed by atoms with van der Waals surface area (Å²) >= 11 is 0. The average Bonchev–Trinajstić information content (AvgIpc) is 2.79. The smallest absolute Gasteiger partial charge is 0.190 e. The second-order valence-electron chi connectivity index (χ2n) is 4.78. The van der Waals surface area contributed by atoms with Crippen LogP contribution in [0.15, 0.2) is 12.1 Å². The van der Waals surface area contributed by atoms with E-state index in [0.717, 1.165) is 25.7 Å². The van der Waals surface area contributed by atoms with Crippen LogP contribution in [-0.4, -0.2) is 34.0 Å². The van der Waals surface area contributed by atoms with Crippen LogP contribution in [0.3, 0.4) is 0 Å². The molecule has 1 fully saturated rings. The SMILES string of the molecule is COc1c(F)cc(CS(=O)(=O)C[C@@H]2CCCO2)cc1F. The van der Waals surface area contributed by atoms with Crippen LogP contribution in [0.4, 0.5) is 8.78 Å². The Morgan fingerprint density at radius 2 is 2.00 bits per heavy atom. The zero-order valence-corrected chi connectivity index (χ0v) is 11.9. The van der Waals surface area contributed by atoms with E-state index >= 15 is 0 Å². The van der Waals surface area contributed by atoms with Crippen LogP contribution in [0.5, 0.6) is 5.75 Å². The molecule has 2 rings (SSSR count). The predicted molar refractivity (Wildman–Crippen MR) is 69.4 cm³/mol. The highest BCUT2D eigenvalue weighted by atomic mass is 32.2. The van der Waals surface area contributed by atoms with Crippen molar-refractivity contribution in [1.29, 1.82) is 0 Å². The van der Waals surface area contributed by atoms with E-state index in [-0.39, 0.29) is 17.4 Å². The Kier molecular flexibility index (Phi) is 4.59. The highest BCUT2D eigenvalue weighted by Crippen LogP contribution is 2.24. The number of rotatable bonds is 5. The summed E-state index contributed by atoms with van der Waals surface area (Å²) in [6, 6.07) is 1.96. The molecule has 20 heavy (non-hydrogen) atoms. The fourth-order valence-electron chi connectivity index (χ4n) is 2.26. The monoisotopic (exact) mass is 306 g/mol. The molecule has 1 aromatic carbocycles. The molecule has 0 spiro atoms. The minimum atomic E-state index is -3.47. The van der Waals surface area contributed by atoms with Crippen molar-refractivity contribution in [1.82, 2.24) is 0 Å². The van der Waals surface area contributed by atoms with Crippen molar-refractivity contribution in [2.24, 2.45) is 0 Å². The molecule has 0 radical (unpaired) electrons. The van der Waals surface area contributed by atoms with Crippen LogP contribution in [0, 0.1) is 11.6 Å². The molecule has 1 aliphatic heterocycles. The summed E-state index contributed by atoms with van der Waals surface area (Å²) < 4.78 is 60.8. The fraction of sp³-hybridized carbons (Fsp3) is 0.538. The van der Waals surface area contributed by atoms with E-state index in [1.165, 1.54) is 0 Å². The zero-order chi connectivity index (χ0) is 14.8. The zero-order valence-electron chi connectivity index (χ0n) is 11.1. The first-order valence-corrected chi connectivity index (χ1v) is 8.07. The first kappa shape index (κ1) is 15.2. The Balaban J connectivity index is 2.12. The van der Waals surface area contributed by atoms with Crippen molar-refractivity contribution in [2.45, 2.75) is 24.7 Å². The van der Waals surface area contributed by atoms with Crippen molar-refractivity contribution < 1.29 is 26.7 Å². The maximum Gasteiger partial charge on any atom is 0.190 e. The average molecular weight is 306 g/mol. The van der Waals surface area contributed by atoms with Gasteiger partial charge in [0.2, 0.25) is 0 Å². The van der Waals surface area contributed by atoms with Crippen molar-refractivity contribution in [3.05, 3.63) is 29.3 Å². The first-order valence-electron chi connectivity index (χ1n) is 6.25. The number of hydrogen-bond acceptors (Lipinski definition) is 4. The molecule has 4 nitrogen and oxygen atoms in total. The van der Waals surface area contributed by atoms with Gasteiger partial charge in [0, 0.05) is 6.61 Å². The van der Waals surface area contributed by atoms with Crippen molar-refractivity contribution in [3.63, 3.8) is 0 Å². The van der Waals surface area contributed by atoms with Crippen molar-refractivity contribution in [2.75, 3.05) is 19.5 Å². The van der Waals surface area contributed by atoms with E-state index in [2.05, 4.69) is 4.74 Å². The van der Waals surface area contributed by atoms with E-state index < -0.39 is 33.0 Å². The lowest BCUT2D eigenvalue weighted by Gasteiger charge is -2.11. The van der Waals surface area contributed by atoms with Gasteiger partial charge in [-0.15, -0.1) is 0 Å². The number of benzene rings is 1. The summed E-state index contributed by atoms with van der Waals surface area (Å²) in [6.07, 6.45) is 1.23. The summed E-state index contributed by atoms with van der Waals surface area (Å²) in [5.41, 5.74) is 0.0683. The van der Waals surface area contributed by atoms with Gasteiger partial charge in [-0.05, 0) is 30.5 Å². The minimum Gasteiger partial charge on any atom is -0.491 e. The molecule has 1 saturated heterocycles. The lowest BCUT2D eigenvalue weighted by Crippen LogP contribution is -2.21. The van der Waals surface area contributed by atoms with E-state index in [1.807, 2.05) is 0 Å². The Bertz CT molecular complexity index is 557. The summed E-state index contributed by atoms with van der Waals surface area (Å²) in [7, 11) is -2.32. The van der Waals surface area contributed by atoms with Crippen LogP contribution >= 0.6 is 0 Å². The second-order valence-corrected chi connectivity index (χ2v) is 6.89. The molecule has 0 aromatic heterocycles. The Labute approximate surface area is 116 Å². The molecule has 0 aliphatic carbocycles. The third kappa shape index (κ3) is 3.67. The molecule has 0 amide bonds. The highest BCUT2D eigenvalue weighted by molar-refractivity contribution is 7.90. The Morgan fingerprint density at radius 3 is 2.50 bits per heavy atom. The third-order valence-electron chi connectivity index (χ3n) is 3.11. The summed E-state index contributed by atoms with van der Waals surface area (Å²) in [6.45, 7) is 0.561. The molecule has 0 bridgehead atoms. The molecule has 7 heteroatoms. The number of methoxy groups -OCH3 is 1. The van der Waals surface area contributed by atoms with Gasteiger partial charge >= 0.3 is 0 Å². The van der Waals surface area contributed by atoms with E-state index in [9.17, 15) is 17.2 Å². The molecule has 1 aromatic rings. The molecule has 1 aliphatic rings. The van der Waals surface area contributed by atoms with E-state index in [0.29, 0.717) is 13.0 Å². The Morgan fingerprint density at radius 1 is 1.35 bits per heavy atom. The largest absolute Gasteiger partial charge is 0.491 e. The maximum atomic E-state index is 13.5. The van der Waals surface area contributed by atoms with Crippen LogP contribution in [0.2, 0.25) is 0 Å². The van der Waals surface area contributed by atoms with Crippen LogP contribution in [0.1, 0.15) is 18.4 Å². The lowest BCUT2D eigenvalue weighted by atomic mass is 10.2. The standard InChI is InChI=1S/C13H16F2O4S/c1-18-13-11(14)5-9(6-12(13)15)7-20(16,17)8-10-3-2-4-19-10/h5-6,10H,2-4,7-8H2,1H3/t10-/m0/s1. The Hall–Kier alpha value is -1.21. The minimum absolute atomic E-state index is 0.0683. The number of sulfone groups is 1. The number of halogens is 2. The highest BCUT2D eigenvalue weighted by Gasteiger charge is 2.24. The lowest BCUT2D eigenvalue weighted by molar-refractivity contribution is 0.127.